The third kappa shape index (κ3) is 6.08. The Morgan fingerprint density at radius 2 is 1.77 bits per heavy atom. The second-order valence-electron chi connectivity index (χ2n) is 9.61. The van der Waals surface area contributed by atoms with Crippen molar-refractivity contribution in [3.8, 4) is 0 Å². The van der Waals surface area contributed by atoms with Crippen molar-refractivity contribution in [3.05, 3.63) is 41.0 Å². The highest BCUT2D eigenvalue weighted by Gasteiger charge is 2.31. The molecule has 1 amide bonds. The van der Waals surface area contributed by atoms with Crippen molar-refractivity contribution in [2.75, 3.05) is 68.2 Å². The minimum atomic E-state index is -3.44. The van der Waals surface area contributed by atoms with Crippen molar-refractivity contribution >= 4 is 39.2 Å². The van der Waals surface area contributed by atoms with E-state index >= 15 is 0 Å². The fraction of sp³-hybridized carbons (Fsp3) is 0.565. The van der Waals surface area contributed by atoms with E-state index < -0.39 is 10.0 Å². The second kappa shape index (κ2) is 9.96. The molecule has 1 aliphatic carbocycles. The predicted octanol–water partition coefficient (Wildman–Crippen LogP) is 1.98. The Kier molecular flexibility index (Phi) is 6.93. The van der Waals surface area contributed by atoms with Gasteiger partial charge in [-0.3, -0.25) is 14.5 Å². The number of piperazine rings is 2. The summed E-state index contributed by atoms with van der Waals surface area (Å²) >= 11 is 6.57. The van der Waals surface area contributed by atoms with E-state index in [1.807, 2.05) is 6.07 Å². The maximum absolute atomic E-state index is 12.8. The van der Waals surface area contributed by atoms with Crippen LogP contribution in [0.5, 0.6) is 0 Å². The summed E-state index contributed by atoms with van der Waals surface area (Å²) in [5, 5.41) is 4.84. The molecule has 1 saturated carbocycles. The Labute approximate surface area is 211 Å². The summed E-state index contributed by atoms with van der Waals surface area (Å²) in [6.45, 7) is 7.68. The smallest absolute Gasteiger partial charge is 0.344 e. The summed E-state index contributed by atoms with van der Waals surface area (Å²) in [6.07, 6.45) is 5.21. The molecule has 10 nitrogen and oxygen atoms in total. The van der Waals surface area contributed by atoms with Crippen LogP contribution in [0.15, 0.2) is 30.5 Å². The highest BCUT2D eigenvalue weighted by Crippen LogP contribution is 2.32. The molecule has 5 rings (SSSR count). The molecule has 3 fully saturated rings. The summed E-state index contributed by atoms with van der Waals surface area (Å²) in [7, 11) is -3.44. The van der Waals surface area contributed by atoms with Gasteiger partial charge in [0.15, 0.2) is 5.82 Å². The van der Waals surface area contributed by atoms with E-state index in [0.717, 1.165) is 68.8 Å². The van der Waals surface area contributed by atoms with E-state index in [0.29, 0.717) is 13.1 Å². The number of carbonyl (C=O) groups is 1. The van der Waals surface area contributed by atoms with Gasteiger partial charge in [0.05, 0.1) is 17.0 Å². The molecule has 12 heteroatoms. The van der Waals surface area contributed by atoms with Crippen molar-refractivity contribution in [2.24, 2.45) is 0 Å². The zero-order chi connectivity index (χ0) is 24.6. The van der Waals surface area contributed by atoms with Crippen LogP contribution in [-0.2, 0) is 16.6 Å². The number of aromatic nitrogens is 2. The molecule has 2 aromatic rings. The lowest BCUT2D eigenvalue weighted by Gasteiger charge is -2.37. The number of hydrogen-bond donors (Lipinski definition) is 1. The van der Waals surface area contributed by atoms with Gasteiger partial charge >= 0.3 is 6.03 Å². The van der Waals surface area contributed by atoms with Crippen LogP contribution in [-0.4, -0.2) is 104 Å². The summed E-state index contributed by atoms with van der Waals surface area (Å²) in [5.74, 6) is 0.131. The number of benzene rings is 1. The van der Waals surface area contributed by atoms with E-state index in [4.69, 9.17) is 11.6 Å². The maximum atomic E-state index is 12.8. The number of amides is 1. The fourth-order valence-corrected chi connectivity index (χ4v) is 5.57. The number of sulfonamides is 1. The van der Waals surface area contributed by atoms with Gasteiger partial charge in [-0.15, -0.1) is 5.10 Å². The lowest BCUT2D eigenvalue weighted by atomic mass is 10.1. The van der Waals surface area contributed by atoms with Crippen LogP contribution < -0.4 is 9.62 Å². The minimum absolute atomic E-state index is 0.131. The number of halogens is 1. The topological polar surface area (TPSA) is 94.0 Å². The lowest BCUT2D eigenvalue weighted by Crippen LogP contribution is -2.49. The van der Waals surface area contributed by atoms with E-state index in [2.05, 4.69) is 36.7 Å². The highest BCUT2D eigenvalue weighted by molar-refractivity contribution is 7.92. The van der Waals surface area contributed by atoms with Crippen molar-refractivity contribution in [2.45, 2.75) is 25.4 Å². The van der Waals surface area contributed by atoms with Gasteiger partial charge < -0.3 is 9.80 Å². The number of nitrogens with zero attached hydrogens (tertiary/aromatic N) is 6. The van der Waals surface area contributed by atoms with Gasteiger partial charge in [0.1, 0.15) is 0 Å². The Morgan fingerprint density at radius 3 is 2.43 bits per heavy atom. The zero-order valence-electron chi connectivity index (χ0n) is 19.9. The van der Waals surface area contributed by atoms with Crippen LogP contribution >= 0.6 is 11.6 Å². The van der Waals surface area contributed by atoms with Gasteiger partial charge in [0.25, 0.3) is 0 Å². The number of carbonyl (C=O) groups excluding carboxylic acids is 1. The van der Waals surface area contributed by atoms with Gasteiger partial charge in [-0.1, -0.05) is 17.7 Å². The number of hydrogen-bond acceptors (Lipinski definition) is 7. The molecule has 0 atom stereocenters. The monoisotopic (exact) mass is 521 g/mol. The first-order chi connectivity index (χ1) is 16.7. The molecule has 0 bridgehead atoms. The molecule has 1 aromatic carbocycles. The van der Waals surface area contributed by atoms with Crippen LogP contribution in [0.25, 0.3) is 0 Å². The summed E-state index contributed by atoms with van der Waals surface area (Å²) in [4.78, 5) is 21.8. The van der Waals surface area contributed by atoms with Crippen LogP contribution in [0.2, 0.25) is 5.02 Å². The molecule has 3 heterocycles. The van der Waals surface area contributed by atoms with E-state index in [9.17, 15) is 13.2 Å². The van der Waals surface area contributed by atoms with Crippen LogP contribution in [0.3, 0.4) is 0 Å². The molecule has 0 radical (unpaired) electrons. The van der Waals surface area contributed by atoms with Crippen LogP contribution in [0, 0.1) is 0 Å². The third-order valence-electron chi connectivity index (χ3n) is 6.85. The molecule has 1 aromatic heterocycles. The molecule has 190 valence electrons. The quantitative estimate of drug-likeness (QED) is 0.621. The van der Waals surface area contributed by atoms with Gasteiger partial charge in [0, 0.05) is 77.2 Å². The first-order valence-electron chi connectivity index (χ1n) is 12.1. The predicted molar refractivity (Wildman–Crippen MR) is 137 cm³/mol. The van der Waals surface area contributed by atoms with Gasteiger partial charge in [-0.2, -0.15) is 4.68 Å². The lowest BCUT2D eigenvalue weighted by molar-refractivity contribution is 0.134. The normalized spacial score (nSPS) is 20.3. The number of rotatable bonds is 6. The minimum Gasteiger partial charge on any atom is -0.368 e. The van der Waals surface area contributed by atoms with Crippen LogP contribution in [0.1, 0.15) is 18.4 Å². The molecule has 2 aliphatic heterocycles. The summed E-state index contributed by atoms with van der Waals surface area (Å²) < 4.78 is 26.2. The Balaban J connectivity index is 1.14. The van der Waals surface area contributed by atoms with Crippen molar-refractivity contribution < 1.29 is 13.2 Å². The maximum Gasteiger partial charge on any atom is 0.344 e. The van der Waals surface area contributed by atoms with E-state index in [-0.39, 0.29) is 11.8 Å². The Morgan fingerprint density at radius 1 is 1.06 bits per heavy atom. The van der Waals surface area contributed by atoms with Gasteiger partial charge in [-0.25, -0.2) is 13.2 Å². The first-order valence-corrected chi connectivity index (χ1v) is 14.3. The largest absolute Gasteiger partial charge is 0.368 e. The molecular weight excluding hydrogens is 490 g/mol. The Hall–Kier alpha value is -2.34. The van der Waals surface area contributed by atoms with Gasteiger partial charge in [0.2, 0.25) is 10.0 Å². The summed E-state index contributed by atoms with van der Waals surface area (Å²) in [5.41, 5.74) is 2.34. The molecule has 1 N–H and O–H groups in total. The molecule has 0 spiro atoms. The third-order valence-corrected chi connectivity index (χ3v) is 7.75. The standard InChI is InChI=1S/C23H32ClN7O3S/c1-35(33,34)26-22-6-7-31(25-22)23(32)30-10-8-27(9-11-30)17-18-2-5-20(24)21(16-18)29-14-12-28(13-15-29)19-3-4-19/h2,5-7,16,19H,3-4,8-15,17H2,1H3,(H,25,26). The van der Waals surface area contributed by atoms with Crippen LogP contribution in [0.4, 0.5) is 16.3 Å². The zero-order valence-corrected chi connectivity index (χ0v) is 21.5. The second-order valence-corrected chi connectivity index (χ2v) is 11.8. The summed E-state index contributed by atoms with van der Waals surface area (Å²) in [6, 6.07) is 8.32. The van der Waals surface area contributed by atoms with Crippen molar-refractivity contribution in [3.63, 3.8) is 0 Å². The molecule has 3 aliphatic rings. The molecular formula is C23H32ClN7O3S. The number of nitrogens with one attached hydrogen (secondary N) is 1. The van der Waals surface area contributed by atoms with Gasteiger partial charge in [-0.05, 0) is 30.5 Å². The average Bonchev–Trinajstić information content (AvgIpc) is 3.59. The van der Waals surface area contributed by atoms with Crippen molar-refractivity contribution in [1.29, 1.82) is 0 Å². The molecule has 0 unspecified atom stereocenters. The molecule has 35 heavy (non-hydrogen) atoms. The van der Waals surface area contributed by atoms with E-state index in [1.165, 1.54) is 35.4 Å². The average molecular weight is 522 g/mol. The highest BCUT2D eigenvalue weighted by atomic mass is 35.5. The SMILES string of the molecule is CS(=O)(=O)Nc1ccn(C(=O)N2CCN(Cc3ccc(Cl)c(N4CCN(C5CC5)CC4)c3)CC2)n1. The first kappa shape index (κ1) is 24.4. The van der Waals surface area contributed by atoms with Crippen molar-refractivity contribution in [1.82, 2.24) is 24.5 Å². The number of anilines is 2. The molecule has 2 saturated heterocycles. The van der Waals surface area contributed by atoms with E-state index in [1.54, 1.807) is 4.90 Å². The fourth-order valence-electron chi connectivity index (χ4n) is 4.84. The Bertz CT molecular complexity index is 1170.